The van der Waals surface area contributed by atoms with Crippen molar-refractivity contribution in [1.29, 1.82) is 0 Å². The van der Waals surface area contributed by atoms with E-state index < -0.39 is 11.8 Å². The molecule has 20 heavy (non-hydrogen) atoms. The van der Waals surface area contributed by atoms with Crippen molar-refractivity contribution in [3.63, 3.8) is 0 Å². The summed E-state index contributed by atoms with van der Waals surface area (Å²) in [6.07, 6.45) is 5.92. The quantitative estimate of drug-likeness (QED) is 0.717. The summed E-state index contributed by atoms with van der Waals surface area (Å²) in [4.78, 5) is 23.2. The Bertz CT molecular complexity index is 401. The standard InChI is InChI=1S/C15H24N2O3/c1-3-5-7-12(4-2)10-16-14(18)15(19)17-11-13-8-6-9-20-13/h6,8-9,12H,3-5,7,10-11H2,1-2H3,(H,16,18)(H,17,19)/t12-/m0/s1. The maximum atomic E-state index is 11.6. The zero-order valence-corrected chi connectivity index (χ0v) is 12.3. The molecule has 112 valence electrons. The maximum absolute atomic E-state index is 11.6. The Labute approximate surface area is 120 Å². The third-order valence-electron chi connectivity index (χ3n) is 3.30. The summed E-state index contributed by atoms with van der Waals surface area (Å²) in [5, 5.41) is 5.22. The van der Waals surface area contributed by atoms with Gasteiger partial charge in [0.05, 0.1) is 12.8 Å². The lowest BCUT2D eigenvalue weighted by Crippen LogP contribution is -2.41. The predicted molar refractivity (Wildman–Crippen MR) is 76.9 cm³/mol. The van der Waals surface area contributed by atoms with E-state index in [1.807, 2.05) is 0 Å². The second-order valence-electron chi connectivity index (χ2n) is 4.89. The Morgan fingerprint density at radius 1 is 1.25 bits per heavy atom. The molecule has 0 bridgehead atoms. The minimum absolute atomic E-state index is 0.228. The van der Waals surface area contributed by atoms with Gasteiger partial charge < -0.3 is 15.1 Å². The first-order valence-electron chi connectivity index (χ1n) is 7.25. The fourth-order valence-corrected chi connectivity index (χ4v) is 1.92. The van der Waals surface area contributed by atoms with E-state index in [0.717, 1.165) is 25.7 Å². The molecule has 1 heterocycles. The largest absolute Gasteiger partial charge is 0.467 e. The normalized spacial score (nSPS) is 11.9. The van der Waals surface area contributed by atoms with Crippen LogP contribution in [-0.2, 0) is 16.1 Å². The van der Waals surface area contributed by atoms with Crippen LogP contribution in [0.5, 0.6) is 0 Å². The Balaban J connectivity index is 2.25. The molecule has 2 amide bonds. The average Bonchev–Trinajstić information content (AvgIpc) is 2.98. The van der Waals surface area contributed by atoms with Gasteiger partial charge in [0.2, 0.25) is 0 Å². The van der Waals surface area contributed by atoms with Crippen molar-refractivity contribution in [3.8, 4) is 0 Å². The van der Waals surface area contributed by atoms with Gasteiger partial charge in [-0.15, -0.1) is 0 Å². The molecular weight excluding hydrogens is 256 g/mol. The van der Waals surface area contributed by atoms with Crippen LogP contribution in [0.1, 0.15) is 45.3 Å². The second-order valence-corrected chi connectivity index (χ2v) is 4.89. The van der Waals surface area contributed by atoms with E-state index in [1.165, 1.54) is 6.26 Å². The number of amides is 2. The van der Waals surface area contributed by atoms with E-state index >= 15 is 0 Å². The fraction of sp³-hybridized carbons (Fsp3) is 0.600. The number of unbranched alkanes of at least 4 members (excludes halogenated alkanes) is 1. The predicted octanol–water partition coefficient (Wildman–Crippen LogP) is 2.23. The second kappa shape index (κ2) is 9.18. The Kier molecular flexibility index (Phi) is 7.47. The van der Waals surface area contributed by atoms with E-state index in [9.17, 15) is 9.59 Å². The van der Waals surface area contributed by atoms with Crippen molar-refractivity contribution in [2.45, 2.75) is 46.1 Å². The van der Waals surface area contributed by atoms with Gasteiger partial charge >= 0.3 is 11.8 Å². The molecule has 5 heteroatoms. The van der Waals surface area contributed by atoms with Gasteiger partial charge in [-0.05, 0) is 24.5 Å². The highest BCUT2D eigenvalue weighted by molar-refractivity contribution is 6.35. The molecule has 0 fully saturated rings. The van der Waals surface area contributed by atoms with Gasteiger partial charge in [-0.1, -0.05) is 33.1 Å². The number of furan rings is 1. The molecule has 0 spiro atoms. The van der Waals surface area contributed by atoms with Gasteiger partial charge in [0.15, 0.2) is 0 Å². The smallest absolute Gasteiger partial charge is 0.309 e. The highest BCUT2D eigenvalue weighted by Gasteiger charge is 2.15. The van der Waals surface area contributed by atoms with E-state index in [1.54, 1.807) is 12.1 Å². The van der Waals surface area contributed by atoms with Gasteiger partial charge in [-0.25, -0.2) is 0 Å². The molecule has 0 aliphatic carbocycles. The SMILES string of the molecule is CCCC[C@H](CC)CNC(=O)C(=O)NCc1ccco1. The topological polar surface area (TPSA) is 71.3 Å². The van der Waals surface area contributed by atoms with Crippen molar-refractivity contribution in [2.75, 3.05) is 6.54 Å². The molecule has 1 aromatic rings. The molecule has 0 aliphatic heterocycles. The molecule has 1 aromatic heterocycles. The molecule has 0 aromatic carbocycles. The lowest BCUT2D eigenvalue weighted by atomic mass is 9.99. The molecule has 1 rings (SSSR count). The first-order chi connectivity index (χ1) is 9.67. The van der Waals surface area contributed by atoms with Crippen LogP contribution in [0.2, 0.25) is 0 Å². The van der Waals surface area contributed by atoms with Crippen molar-refractivity contribution in [1.82, 2.24) is 10.6 Å². The van der Waals surface area contributed by atoms with Crippen LogP contribution in [0.4, 0.5) is 0 Å². The monoisotopic (exact) mass is 280 g/mol. The summed E-state index contributed by atoms with van der Waals surface area (Å²) < 4.78 is 5.08. The van der Waals surface area contributed by atoms with Crippen molar-refractivity contribution in [2.24, 2.45) is 5.92 Å². The molecule has 0 unspecified atom stereocenters. The van der Waals surface area contributed by atoms with Crippen molar-refractivity contribution >= 4 is 11.8 Å². The zero-order valence-electron chi connectivity index (χ0n) is 12.3. The summed E-state index contributed by atoms with van der Waals surface area (Å²) in [6, 6.07) is 3.48. The van der Waals surface area contributed by atoms with Gasteiger partial charge in [-0.2, -0.15) is 0 Å². The summed E-state index contributed by atoms with van der Waals surface area (Å²) in [5.74, 6) is -0.129. The molecule has 0 saturated heterocycles. The summed E-state index contributed by atoms with van der Waals surface area (Å²) >= 11 is 0. The Morgan fingerprint density at radius 3 is 2.60 bits per heavy atom. The minimum atomic E-state index is -0.619. The zero-order chi connectivity index (χ0) is 14.8. The van der Waals surface area contributed by atoms with Crippen molar-refractivity contribution < 1.29 is 14.0 Å². The van der Waals surface area contributed by atoms with Crippen LogP contribution < -0.4 is 10.6 Å². The minimum Gasteiger partial charge on any atom is -0.467 e. The van der Waals surface area contributed by atoms with E-state index in [-0.39, 0.29) is 6.54 Å². The maximum Gasteiger partial charge on any atom is 0.309 e. The summed E-state index contributed by atoms with van der Waals surface area (Å²) in [5.41, 5.74) is 0. The number of hydrogen-bond acceptors (Lipinski definition) is 3. The van der Waals surface area contributed by atoms with E-state index in [4.69, 9.17) is 4.42 Å². The van der Waals surface area contributed by atoms with E-state index in [0.29, 0.717) is 18.2 Å². The highest BCUT2D eigenvalue weighted by Crippen LogP contribution is 2.11. The average molecular weight is 280 g/mol. The molecule has 0 radical (unpaired) electrons. The van der Waals surface area contributed by atoms with Crippen LogP contribution in [0.25, 0.3) is 0 Å². The summed E-state index contributed by atoms with van der Waals surface area (Å²) in [6.45, 7) is 5.03. The summed E-state index contributed by atoms with van der Waals surface area (Å²) in [7, 11) is 0. The third-order valence-corrected chi connectivity index (χ3v) is 3.30. The third kappa shape index (κ3) is 5.91. The number of carbonyl (C=O) groups excluding carboxylic acids is 2. The Morgan fingerprint density at radius 2 is 2.00 bits per heavy atom. The number of hydrogen-bond donors (Lipinski definition) is 2. The molecule has 0 aliphatic rings. The van der Waals surface area contributed by atoms with Gasteiger partial charge in [0.1, 0.15) is 5.76 Å². The van der Waals surface area contributed by atoms with Crippen LogP contribution >= 0.6 is 0 Å². The van der Waals surface area contributed by atoms with Crippen LogP contribution in [0, 0.1) is 5.92 Å². The van der Waals surface area contributed by atoms with Crippen LogP contribution in [-0.4, -0.2) is 18.4 Å². The van der Waals surface area contributed by atoms with Crippen LogP contribution in [0.3, 0.4) is 0 Å². The molecule has 0 saturated carbocycles. The van der Waals surface area contributed by atoms with Gasteiger partial charge in [0, 0.05) is 6.54 Å². The fourth-order valence-electron chi connectivity index (χ4n) is 1.92. The number of rotatable bonds is 8. The Hall–Kier alpha value is -1.78. The first kappa shape index (κ1) is 16.3. The first-order valence-corrected chi connectivity index (χ1v) is 7.25. The number of carbonyl (C=O) groups is 2. The lowest BCUT2D eigenvalue weighted by Gasteiger charge is -2.14. The highest BCUT2D eigenvalue weighted by atomic mass is 16.3. The molecule has 5 nitrogen and oxygen atoms in total. The van der Waals surface area contributed by atoms with Gasteiger partial charge in [-0.3, -0.25) is 9.59 Å². The molecule has 2 N–H and O–H groups in total. The van der Waals surface area contributed by atoms with Gasteiger partial charge in [0.25, 0.3) is 0 Å². The number of nitrogens with one attached hydrogen (secondary N) is 2. The molecule has 1 atom stereocenters. The lowest BCUT2D eigenvalue weighted by molar-refractivity contribution is -0.139. The molecular formula is C15H24N2O3. The van der Waals surface area contributed by atoms with Crippen molar-refractivity contribution in [3.05, 3.63) is 24.2 Å². The van der Waals surface area contributed by atoms with E-state index in [2.05, 4.69) is 24.5 Å². The van der Waals surface area contributed by atoms with Crippen LogP contribution in [0.15, 0.2) is 22.8 Å².